The largest absolute Gasteiger partial charge is 0.284 e. The maximum absolute atomic E-state index is 13.2. The molecule has 5 nitrogen and oxygen atoms in total. The van der Waals surface area contributed by atoms with E-state index in [1.807, 2.05) is 34.3 Å². The average molecular weight is 537 g/mol. The molecule has 1 fully saturated rings. The van der Waals surface area contributed by atoms with Crippen LogP contribution in [-0.2, 0) is 4.79 Å². The molecule has 2 aliphatic rings. The Morgan fingerprint density at radius 2 is 1.73 bits per heavy atom. The van der Waals surface area contributed by atoms with Crippen molar-refractivity contribution < 1.29 is 4.79 Å². The van der Waals surface area contributed by atoms with E-state index in [0.717, 1.165) is 37.2 Å². The lowest BCUT2D eigenvalue weighted by molar-refractivity contribution is -0.119. The van der Waals surface area contributed by atoms with Crippen LogP contribution < -0.4 is 10.4 Å². The summed E-state index contributed by atoms with van der Waals surface area (Å²) in [7, 11) is 0. The van der Waals surface area contributed by atoms with Crippen LogP contribution in [0.15, 0.2) is 53.6 Å². The van der Waals surface area contributed by atoms with Gasteiger partial charge in [0.1, 0.15) is 5.71 Å². The number of para-hydroxylation sites is 1. The molecule has 2 heterocycles. The fourth-order valence-corrected chi connectivity index (χ4v) is 4.78. The fourth-order valence-electron chi connectivity index (χ4n) is 4.20. The highest BCUT2D eigenvalue weighted by atomic mass is 127. The minimum Gasteiger partial charge on any atom is -0.284 e. The van der Waals surface area contributed by atoms with Crippen LogP contribution in [0, 0.1) is 9.49 Å². The number of hydrogen-bond donors (Lipinski definition) is 1. The van der Waals surface area contributed by atoms with Crippen LogP contribution in [0.2, 0.25) is 5.02 Å². The lowest BCUT2D eigenvalue weighted by Crippen LogP contribution is -2.46. The van der Waals surface area contributed by atoms with Gasteiger partial charge in [0.2, 0.25) is 0 Å². The number of amides is 1. The molecule has 1 saturated heterocycles. The minimum absolute atomic E-state index is 0.0756. The Hall–Kier alpha value is -1.64. The number of nitrogens with one attached hydrogen (secondary N) is 1. The van der Waals surface area contributed by atoms with Gasteiger partial charge >= 0.3 is 0 Å². The minimum atomic E-state index is -0.116. The zero-order chi connectivity index (χ0) is 21.1. The second kappa shape index (κ2) is 9.66. The number of hydrazine groups is 1. The van der Waals surface area contributed by atoms with Crippen LogP contribution in [-0.4, -0.2) is 29.7 Å². The number of halogens is 2. The number of hydrogen-bond acceptors (Lipinski definition) is 4. The summed E-state index contributed by atoms with van der Waals surface area (Å²) in [5.41, 5.74) is 5.57. The molecule has 0 aromatic heterocycles. The molecule has 0 radical (unpaired) electrons. The number of carbonyl (C=O) groups is 1. The second-order valence-corrected chi connectivity index (χ2v) is 9.56. The Morgan fingerprint density at radius 3 is 2.40 bits per heavy atom. The Balaban J connectivity index is 1.65. The lowest BCUT2D eigenvalue weighted by Gasteiger charge is -2.27. The van der Waals surface area contributed by atoms with E-state index in [4.69, 9.17) is 16.7 Å². The summed E-state index contributed by atoms with van der Waals surface area (Å²) < 4.78 is 1.17. The van der Waals surface area contributed by atoms with Gasteiger partial charge in [-0.25, -0.2) is 5.01 Å². The fraction of sp³-hybridized carbons (Fsp3) is 0.391. The van der Waals surface area contributed by atoms with Crippen LogP contribution in [0.5, 0.6) is 0 Å². The molecule has 0 spiro atoms. The van der Waals surface area contributed by atoms with Gasteiger partial charge in [-0.1, -0.05) is 55.6 Å². The van der Waals surface area contributed by atoms with E-state index in [0.29, 0.717) is 10.7 Å². The molecule has 0 saturated carbocycles. The molecule has 30 heavy (non-hydrogen) atoms. The molecule has 7 heteroatoms. The zero-order valence-corrected chi connectivity index (χ0v) is 19.9. The Bertz CT molecular complexity index is 925. The number of hydrazone groups is 1. The molecule has 4 rings (SSSR count). The van der Waals surface area contributed by atoms with E-state index < -0.39 is 0 Å². The Kier molecular flexibility index (Phi) is 6.95. The van der Waals surface area contributed by atoms with Crippen molar-refractivity contribution in [2.75, 3.05) is 18.1 Å². The first-order valence-corrected chi connectivity index (χ1v) is 11.9. The first-order valence-electron chi connectivity index (χ1n) is 10.5. The molecule has 0 aliphatic carbocycles. The third kappa shape index (κ3) is 4.65. The van der Waals surface area contributed by atoms with Crippen molar-refractivity contribution in [2.45, 2.75) is 38.6 Å². The van der Waals surface area contributed by atoms with Crippen molar-refractivity contribution in [3.8, 4) is 0 Å². The van der Waals surface area contributed by atoms with Gasteiger partial charge in [-0.15, -0.1) is 0 Å². The van der Waals surface area contributed by atoms with Crippen molar-refractivity contribution in [1.29, 1.82) is 0 Å². The normalized spacial score (nSPS) is 22.5. The summed E-state index contributed by atoms with van der Waals surface area (Å²) in [5.74, 6) is -0.192. The van der Waals surface area contributed by atoms with Gasteiger partial charge < -0.3 is 0 Å². The maximum Gasteiger partial charge on any atom is 0.282 e. The Morgan fingerprint density at radius 1 is 1.07 bits per heavy atom. The van der Waals surface area contributed by atoms with E-state index in [1.165, 1.54) is 16.4 Å². The number of benzene rings is 2. The molecule has 0 bridgehead atoms. The zero-order valence-electron chi connectivity index (χ0n) is 17.0. The first kappa shape index (κ1) is 21.6. The first-order chi connectivity index (χ1) is 14.5. The van der Waals surface area contributed by atoms with E-state index in [9.17, 15) is 4.79 Å². The monoisotopic (exact) mass is 536 g/mol. The van der Waals surface area contributed by atoms with Crippen molar-refractivity contribution >= 4 is 51.5 Å². The van der Waals surface area contributed by atoms with Crippen molar-refractivity contribution in [1.82, 2.24) is 10.4 Å². The predicted molar refractivity (Wildman–Crippen MR) is 131 cm³/mol. The van der Waals surface area contributed by atoms with Gasteiger partial charge in [-0.05, 0) is 65.3 Å². The molecule has 1 N–H and O–H groups in total. The molecule has 158 valence electrons. The Labute approximate surface area is 196 Å². The van der Waals surface area contributed by atoms with Gasteiger partial charge in [-0.2, -0.15) is 5.10 Å². The van der Waals surface area contributed by atoms with Crippen LogP contribution in [0.3, 0.4) is 0 Å². The van der Waals surface area contributed by atoms with Crippen molar-refractivity contribution in [3.63, 3.8) is 0 Å². The third-order valence-corrected chi connectivity index (χ3v) is 6.83. The number of rotatable bonds is 4. The van der Waals surface area contributed by atoms with Crippen LogP contribution in [0.4, 0.5) is 5.69 Å². The summed E-state index contributed by atoms with van der Waals surface area (Å²) in [6.45, 7) is 3.85. The number of carbonyl (C=O) groups excluding carboxylic acids is 1. The molecule has 2 aliphatic heterocycles. The second-order valence-electron chi connectivity index (χ2n) is 7.91. The molecular weight excluding hydrogens is 511 g/mol. The lowest BCUT2D eigenvalue weighted by atomic mass is 9.91. The highest BCUT2D eigenvalue weighted by molar-refractivity contribution is 14.1. The van der Waals surface area contributed by atoms with Crippen molar-refractivity contribution in [2.24, 2.45) is 11.0 Å². The smallest absolute Gasteiger partial charge is 0.282 e. The number of anilines is 1. The highest BCUT2D eigenvalue weighted by Crippen LogP contribution is 2.41. The van der Waals surface area contributed by atoms with E-state index in [2.05, 4.69) is 59.2 Å². The molecule has 1 amide bonds. The molecular formula is C23H26ClIN4O. The van der Waals surface area contributed by atoms with Gasteiger partial charge in [0, 0.05) is 22.6 Å². The molecule has 0 unspecified atom stereocenters. The summed E-state index contributed by atoms with van der Waals surface area (Å²) >= 11 is 8.81. The van der Waals surface area contributed by atoms with Gasteiger partial charge in [0.25, 0.3) is 5.91 Å². The number of nitrogens with zero attached hydrogens (tertiary/aromatic N) is 3. The topological polar surface area (TPSA) is 47.9 Å². The third-order valence-electron chi connectivity index (χ3n) is 5.79. The summed E-state index contributed by atoms with van der Waals surface area (Å²) in [6.07, 6.45) is 4.66. The predicted octanol–water partition coefficient (Wildman–Crippen LogP) is 5.41. The summed E-state index contributed by atoms with van der Waals surface area (Å²) in [4.78, 5) is 13.2. The SMILES string of the molecule is C[C@@H]1C(C(=O)NN2CCCCCC2)=NN(c2ccccc2Cl)[C@@H]1c1ccc(I)cc1. The van der Waals surface area contributed by atoms with Crippen LogP contribution in [0.25, 0.3) is 0 Å². The maximum atomic E-state index is 13.2. The van der Waals surface area contributed by atoms with E-state index >= 15 is 0 Å². The van der Waals surface area contributed by atoms with Gasteiger partial charge in [0.15, 0.2) is 0 Å². The molecule has 2 aromatic carbocycles. The van der Waals surface area contributed by atoms with Gasteiger partial charge in [-0.3, -0.25) is 15.2 Å². The van der Waals surface area contributed by atoms with Crippen LogP contribution >= 0.6 is 34.2 Å². The highest BCUT2D eigenvalue weighted by Gasteiger charge is 2.40. The van der Waals surface area contributed by atoms with E-state index in [-0.39, 0.29) is 17.9 Å². The van der Waals surface area contributed by atoms with E-state index in [1.54, 1.807) is 0 Å². The standard InChI is InChI=1S/C23H26ClIN4O/c1-16-21(23(30)27-28-14-6-2-3-7-15-28)26-29(20-9-5-4-8-19(20)24)22(16)17-10-12-18(25)13-11-17/h4-5,8-13,16,22H,2-3,6-7,14-15H2,1H3,(H,27,30)/t16-,22+/m1/s1. The van der Waals surface area contributed by atoms with Gasteiger partial charge in [0.05, 0.1) is 16.8 Å². The molecule has 2 atom stereocenters. The molecule has 2 aromatic rings. The quantitative estimate of drug-likeness (QED) is 0.532. The summed E-state index contributed by atoms with van der Waals surface area (Å²) in [6, 6.07) is 16.0. The van der Waals surface area contributed by atoms with Crippen LogP contribution in [0.1, 0.15) is 44.2 Å². The summed E-state index contributed by atoms with van der Waals surface area (Å²) in [5, 5.41) is 9.37. The average Bonchev–Trinajstić information content (AvgIpc) is 2.89. The van der Waals surface area contributed by atoms with Crippen molar-refractivity contribution in [3.05, 3.63) is 62.7 Å².